The molecule has 2 aromatic rings. The first kappa shape index (κ1) is 9.32. The normalized spacial score (nSPS) is 10.1. The topological polar surface area (TPSA) is 27.1 Å². The van der Waals surface area contributed by atoms with E-state index in [1.54, 1.807) is 6.20 Å². The van der Waals surface area contributed by atoms with Gasteiger partial charge in [-0.05, 0) is 12.1 Å². The minimum atomic E-state index is 0.812. The lowest BCUT2D eigenvalue weighted by atomic mass is 10.2. The largest absolute Gasteiger partial charge is 0.653 e. The fourth-order valence-electron chi connectivity index (χ4n) is 1.38. The van der Waals surface area contributed by atoms with Crippen LogP contribution in [0.1, 0.15) is 0 Å². The first-order valence-corrected chi connectivity index (χ1v) is 4.73. The van der Waals surface area contributed by atoms with Gasteiger partial charge in [-0.2, -0.15) is 0 Å². The van der Waals surface area contributed by atoms with Crippen LogP contribution in [-0.2, 0) is 7.05 Å². The van der Waals surface area contributed by atoms with Gasteiger partial charge in [0.05, 0.1) is 11.3 Å². The highest BCUT2D eigenvalue weighted by Gasteiger charge is 2.07. The molecule has 0 N–H and O–H groups in total. The molecule has 0 atom stereocenters. The van der Waals surface area contributed by atoms with Crippen LogP contribution in [0.3, 0.4) is 0 Å². The number of benzene rings is 1. The van der Waals surface area contributed by atoms with Crippen molar-refractivity contribution < 1.29 is 3.79 Å². The Morgan fingerprint density at radius 2 is 2.14 bits per heavy atom. The number of para-hydroxylation sites is 1. The van der Waals surface area contributed by atoms with Crippen molar-refractivity contribution in [3.8, 4) is 17.1 Å². The van der Waals surface area contributed by atoms with Crippen molar-refractivity contribution in [1.29, 1.82) is 0 Å². The number of imidazole rings is 1. The molecule has 0 aliphatic rings. The predicted molar refractivity (Wildman–Crippen MR) is 55.0 cm³/mol. The summed E-state index contributed by atoms with van der Waals surface area (Å²) in [6.45, 7) is 0. The van der Waals surface area contributed by atoms with E-state index in [1.165, 1.54) is 0 Å². The van der Waals surface area contributed by atoms with Gasteiger partial charge >= 0.3 is 16.6 Å². The lowest BCUT2D eigenvalue weighted by molar-refractivity contribution is 0.617. The van der Waals surface area contributed by atoms with Crippen molar-refractivity contribution in [1.82, 2.24) is 9.55 Å². The van der Waals surface area contributed by atoms with Crippen LogP contribution in [0.2, 0.25) is 0 Å². The number of hydrogen-bond donors (Lipinski definition) is 0. The van der Waals surface area contributed by atoms with E-state index < -0.39 is 0 Å². The number of aryl methyl sites for hydroxylation is 1. The zero-order valence-corrected chi connectivity index (χ0v) is 9.00. The Balaban J connectivity index is 2.56. The summed E-state index contributed by atoms with van der Waals surface area (Å²) in [5.74, 6) is 1.72. The average Bonchev–Trinajstić information content (AvgIpc) is 2.64. The fraction of sp³-hybridized carbons (Fsp3) is 0.100. The SMILES string of the molecule is Cn1ccnc1-c1ccccc1[O][Al]. The van der Waals surface area contributed by atoms with E-state index in [0.717, 1.165) is 17.1 Å². The van der Waals surface area contributed by atoms with E-state index in [2.05, 4.69) is 21.6 Å². The smallest absolute Gasteiger partial charge is 0.482 e. The molecule has 0 amide bonds. The minimum Gasteiger partial charge on any atom is -0.653 e. The maximum atomic E-state index is 5.19. The van der Waals surface area contributed by atoms with Gasteiger partial charge in [-0.3, -0.25) is 0 Å². The molecular weight excluding hydrogens is 191 g/mol. The lowest BCUT2D eigenvalue weighted by Gasteiger charge is -2.09. The van der Waals surface area contributed by atoms with Crippen LogP contribution in [0.15, 0.2) is 36.7 Å². The maximum absolute atomic E-state index is 5.19. The molecule has 3 nitrogen and oxygen atoms in total. The van der Waals surface area contributed by atoms with E-state index in [4.69, 9.17) is 3.79 Å². The van der Waals surface area contributed by atoms with E-state index in [0.29, 0.717) is 0 Å². The van der Waals surface area contributed by atoms with Crippen LogP contribution >= 0.6 is 0 Å². The highest BCUT2D eigenvalue weighted by Crippen LogP contribution is 2.27. The van der Waals surface area contributed by atoms with Crippen LogP contribution in [0.5, 0.6) is 5.75 Å². The highest BCUT2D eigenvalue weighted by molar-refractivity contribution is 6.00. The van der Waals surface area contributed by atoms with Crippen molar-refractivity contribution in [2.45, 2.75) is 0 Å². The monoisotopic (exact) mass is 200 g/mol. The van der Waals surface area contributed by atoms with E-state index in [9.17, 15) is 0 Å². The zero-order valence-electron chi connectivity index (χ0n) is 7.84. The molecule has 0 aliphatic heterocycles. The number of rotatable bonds is 2. The molecule has 14 heavy (non-hydrogen) atoms. The molecule has 0 aliphatic carbocycles. The Hall–Kier alpha value is -1.24. The summed E-state index contributed by atoms with van der Waals surface area (Å²) in [6.07, 6.45) is 3.68. The quantitative estimate of drug-likeness (QED) is 0.688. The van der Waals surface area contributed by atoms with Gasteiger partial charge in [-0.1, -0.05) is 12.1 Å². The van der Waals surface area contributed by atoms with Crippen molar-refractivity contribution in [3.63, 3.8) is 0 Å². The van der Waals surface area contributed by atoms with Crippen molar-refractivity contribution in [3.05, 3.63) is 36.7 Å². The third kappa shape index (κ3) is 1.55. The summed E-state index contributed by atoms with van der Waals surface area (Å²) in [5, 5.41) is 0. The standard InChI is InChI=1S/C10H10N2O.Al/c1-12-7-6-11-10(12)8-4-2-3-5-9(8)13;/h2-7,13H,1H3;/q;+1/p-1. The first-order chi connectivity index (χ1) is 6.83. The number of nitrogens with zero attached hydrogens (tertiary/aromatic N) is 2. The molecule has 1 aromatic heterocycles. The van der Waals surface area contributed by atoms with E-state index in [1.807, 2.05) is 42.1 Å². The molecular formula is C10H9AlN2O. The molecule has 2 radical (unpaired) electrons. The van der Waals surface area contributed by atoms with Crippen molar-refractivity contribution >= 4 is 16.6 Å². The second-order valence-corrected chi connectivity index (χ2v) is 3.21. The molecule has 68 valence electrons. The van der Waals surface area contributed by atoms with Crippen LogP contribution in [-0.4, -0.2) is 26.2 Å². The molecule has 4 heteroatoms. The van der Waals surface area contributed by atoms with Crippen molar-refractivity contribution in [2.24, 2.45) is 7.05 Å². The Bertz CT molecular complexity index is 439. The Kier molecular flexibility index (Phi) is 2.58. The molecule has 1 heterocycles. The van der Waals surface area contributed by atoms with Crippen LogP contribution in [0.4, 0.5) is 0 Å². The molecule has 2 rings (SSSR count). The van der Waals surface area contributed by atoms with Crippen molar-refractivity contribution in [2.75, 3.05) is 0 Å². The second-order valence-electron chi connectivity index (χ2n) is 2.98. The third-order valence-electron chi connectivity index (χ3n) is 2.08. The van der Waals surface area contributed by atoms with Gasteiger partial charge in [-0.25, -0.2) is 4.98 Å². The zero-order chi connectivity index (χ0) is 9.97. The van der Waals surface area contributed by atoms with Crippen LogP contribution < -0.4 is 3.79 Å². The average molecular weight is 200 g/mol. The molecule has 0 saturated heterocycles. The lowest BCUT2D eigenvalue weighted by Crippen LogP contribution is -1.95. The number of hydrogen-bond acceptors (Lipinski definition) is 2. The first-order valence-electron chi connectivity index (χ1n) is 4.26. The van der Waals surface area contributed by atoms with Gasteiger partial charge < -0.3 is 8.36 Å². The minimum absolute atomic E-state index is 0.812. The summed E-state index contributed by atoms with van der Waals surface area (Å²) in [4.78, 5) is 4.27. The highest BCUT2D eigenvalue weighted by atomic mass is 27.1. The molecule has 0 spiro atoms. The summed E-state index contributed by atoms with van der Waals surface area (Å²) in [7, 11) is 1.96. The summed E-state index contributed by atoms with van der Waals surface area (Å²) >= 11 is 2.25. The molecule has 1 aromatic carbocycles. The molecule has 0 saturated carbocycles. The van der Waals surface area contributed by atoms with Gasteiger partial charge in [0.1, 0.15) is 5.82 Å². The maximum Gasteiger partial charge on any atom is 0.482 e. The van der Waals surface area contributed by atoms with Gasteiger partial charge in [-0.15, -0.1) is 0 Å². The Labute approximate surface area is 91.1 Å². The van der Waals surface area contributed by atoms with Gasteiger partial charge in [0, 0.05) is 19.4 Å². The molecule has 0 bridgehead atoms. The molecule has 0 fully saturated rings. The number of aromatic nitrogens is 2. The second kappa shape index (κ2) is 3.87. The summed E-state index contributed by atoms with van der Waals surface area (Å²) in [6, 6.07) is 7.81. The van der Waals surface area contributed by atoms with E-state index >= 15 is 0 Å². The van der Waals surface area contributed by atoms with Gasteiger partial charge in [0.15, 0.2) is 0 Å². The van der Waals surface area contributed by atoms with Gasteiger partial charge in [0.2, 0.25) is 0 Å². The summed E-state index contributed by atoms with van der Waals surface area (Å²) < 4.78 is 7.15. The van der Waals surface area contributed by atoms with Gasteiger partial charge in [0.25, 0.3) is 0 Å². The Morgan fingerprint density at radius 1 is 1.36 bits per heavy atom. The fourth-order valence-corrected chi connectivity index (χ4v) is 1.58. The summed E-state index contributed by atoms with van der Waals surface area (Å²) in [5.41, 5.74) is 0.995. The third-order valence-corrected chi connectivity index (χ3v) is 2.33. The van der Waals surface area contributed by atoms with E-state index in [-0.39, 0.29) is 0 Å². The predicted octanol–water partition coefficient (Wildman–Crippen LogP) is 1.55. The molecule has 0 unspecified atom stereocenters. The van der Waals surface area contributed by atoms with Crippen LogP contribution in [0.25, 0.3) is 11.4 Å². The van der Waals surface area contributed by atoms with Crippen LogP contribution in [0, 0.1) is 0 Å². The Morgan fingerprint density at radius 3 is 2.79 bits per heavy atom.